The summed E-state index contributed by atoms with van der Waals surface area (Å²) in [6.07, 6.45) is 7.29. The van der Waals surface area contributed by atoms with E-state index in [2.05, 4.69) is 6.58 Å². The van der Waals surface area contributed by atoms with Crippen LogP contribution in [0.2, 0.25) is 0 Å². The van der Waals surface area contributed by atoms with Crippen molar-refractivity contribution in [1.29, 1.82) is 0 Å². The van der Waals surface area contributed by atoms with Gasteiger partial charge < -0.3 is 4.74 Å². The minimum Gasteiger partial charge on any atom is -0.443 e. The summed E-state index contributed by atoms with van der Waals surface area (Å²) in [7, 11) is 0. The number of rotatable bonds is 3. The molecule has 4 rings (SSSR count). The first kappa shape index (κ1) is 12.9. The molecule has 1 fully saturated rings. The highest BCUT2D eigenvalue weighted by molar-refractivity contribution is 5.67. The number of hydroxylamine groups is 2. The van der Waals surface area contributed by atoms with Gasteiger partial charge in [0.25, 0.3) is 0 Å². The molecule has 2 unspecified atom stereocenters. The molecule has 4 nitrogen and oxygen atoms in total. The first-order chi connectivity index (χ1) is 9.76. The molecule has 3 aliphatic rings. The second-order valence-corrected chi connectivity index (χ2v) is 5.00. The van der Waals surface area contributed by atoms with Crippen LogP contribution in [0.4, 0.5) is 4.79 Å². The topological polar surface area (TPSA) is 38.8 Å². The molecule has 2 aliphatic heterocycles. The van der Waals surface area contributed by atoms with Crippen LogP contribution in [0.15, 0.2) is 43.0 Å². The standard InChI is InChI=1S/C16H17NO3/c1-2-12-3-5-13(6-4-12)11-19-16(18)17-14-7-9-15(20-17)10-8-14/h2-7,9,14-15H,1,8,10-11H2. The fourth-order valence-electron chi connectivity index (χ4n) is 2.42. The largest absolute Gasteiger partial charge is 0.443 e. The SMILES string of the molecule is C=Cc1ccc(COC(=O)N2OC3C=CC2CC3)cc1. The molecule has 0 saturated carbocycles. The van der Waals surface area contributed by atoms with E-state index < -0.39 is 6.09 Å². The van der Waals surface area contributed by atoms with E-state index in [0.29, 0.717) is 0 Å². The van der Waals surface area contributed by atoms with Gasteiger partial charge in [0.15, 0.2) is 0 Å². The molecule has 1 saturated heterocycles. The molecule has 1 aromatic rings. The summed E-state index contributed by atoms with van der Waals surface area (Å²) in [4.78, 5) is 17.5. The number of carbonyl (C=O) groups is 1. The van der Waals surface area contributed by atoms with Gasteiger partial charge in [0.2, 0.25) is 0 Å². The summed E-state index contributed by atoms with van der Waals surface area (Å²) in [6, 6.07) is 7.74. The Labute approximate surface area is 118 Å². The number of amides is 1. The van der Waals surface area contributed by atoms with Crippen LogP contribution in [0.5, 0.6) is 0 Å². The van der Waals surface area contributed by atoms with Crippen LogP contribution >= 0.6 is 0 Å². The molecule has 20 heavy (non-hydrogen) atoms. The summed E-state index contributed by atoms with van der Waals surface area (Å²) >= 11 is 0. The molecule has 4 heteroatoms. The lowest BCUT2D eigenvalue weighted by Gasteiger charge is -2.39. The molecule has 1 amide bonds. The van der Waals surface area contributed by atoms with Crippen molar-refractivity contribution >= 4 is 12.2 Å². The van der Waals surface area contributed by atoms with Crippen LogP contribution in [0.1, 0.15) is 24.0 Å². The molecule has 2 bridgehead atoms. The van der Waals surface area contributed by atoms with Crippen molar-refractivity contribution in [1.82, 2.24) is 5.06 Å². The van der Waals surface area contributed by atoms with Gasteiger partial charge in [0, 0.05) is 0 Å². The van der Waals surface area contributed by atoms with Crippen LogP contribution in [-0.4, -0.2) is 23.3 Å². The highest BCUT2D eigenvalue weighted by Crippen LogP contribution is 2.28. The summed E-state index contributed by atoms with van der Waals surface area (Å²) in [5.41, 5.74) is 1.99. The van der Waals surface area contributed by atoms with Crippen molar-refractivity contribution in [2.75, 3.05) is 0 Å². The van der Waals surface area contributed by atoms with Crippen molar-refractivity contribution in [2.24, 2.45) is 0 Å². The Bertz CT molecular complexity index is 535. The minimum absolute atomic E-state index is 0.00985. The molecule has 1 aliphatic carbocycles. The van der Waals surface area contributed by atoms with E-state index in [1.807, 2.05) is 36.4 Å². The average molecular weight is 271 g/mol. The van der Waals surface area contributed by atoms with E-state index in [1.54, 1.807) is 6.08 Å². The van der Waals surface area contributed by atoms with Crippen molar-refractivity contribution in [3.63, 3.8) is 0 Å². The molecule has 2 heterocycles. The first-order valence-electron chi connectivity index (χ1n) is 6.79. The number of benzene rings is 1. The Kier molecular flexibility index (Phi) is 3.56. The van der Waals surface area contributed by atoms with E-state index >= 15 is 0 Å². The highest BCUT2D eigenvalue weighted by atomic mass is 16.7. The normalized spacial score (nSPS) is 23.7. The number of nitrogens with zero attached hydrogens (tertiary/aromatic N) is 1. The summed E-state index contributed by atoms with van der Waals surface area (Å²) in [5.74, 6) is 0. The molecule has 0 spiro atoms. The van der Waals surface area contributed by atoms with E-state index in [9.17, 15) is 4.79 Å². The van der Waals surface area contributed by atoms with Gasteiger partial charge in [-0.25, -0.2) is 4.79 Å². The third-order valence-electron chi connectivity index (χ3n) is 3.60. The summed E-state index contributed by atoms with van der Waals surface area (Å²) < 4.78 is 5.30. The van der Waals surface area contributed by atoms with E-state index in [-0.39, 0.29) is 18.8 Å². The van der Waals surface area contributed by atoms with Gasteiger partial charge in [0.05, 0.1) is 6.04 Å². The number of hydrogen-bond acceptors (Lipinski definition) is 3. The van der Waals surface area contributed by atoms with Crippen LogP contribution in [0, 0.1) is 0 Å². The summed E-state index contributed by atoms with van der Waals surface area (Å²) in [5, 5.41) is 1.35. The Morgan fingerprint density at radius 1 is 1.35 bits per heavy atom. The van der Waals surface area contributed by atoms with Crippen LogP contribution in [-0.2, 0) is 16.2 Å². The minimum atomic E-state index is -0.420. The quantitative estimate of drug-likeness (QED) is 0.792. The third kappa shape index (κ3) is 2.60. The van der Waals surface area contributed by atoms with Crippen LogP contribution in [0.25, 0.3) is 6.08 Å². The second kappa shape index (κ2) is 5.51. The first-order valence-corrected chi connectivity index (χ1v) is 6.79. The highest BCUT2D eigenvalue weighted by Gasteiger charge is 2.35. The zero-order valence-electron chi connectivity index (χ0n) is 11.2. The lowest BCUT2D eigenvalue weighted by molar-refractivity contribution is -0.209. The van der Waals surface area contributed by atoms with Gasteiger partial charge in [-0.3, -0.25) is 4.84 Å². The zero-order chi connectivity index (χ0) is 13.9. The molecule has 1 aromatic carbocycles. The van der Waals surface area contributed by atoms with Gasteiger partial charge in [-0.2, -0.15) is 5.06 Å². The number of fused-ring (bicyclic) bond motifs is 2. The van der Waals surface area contributed by atoms with Gasteiger partial charge >= 0.3 is 6.09 Å². The smallest absolute Gasteiger partial charge is 0.434 e. The Morgan fingerprint density at radius 3 is 2.70 bits per heavy atom. The van der Waals surface area contributed by atoms with Crippen LogP contribution < -0.4 is 0 Å². The van der Waals surface area contributed by atoms with Gasteiger partial charge in [0.1, 0.15) is 12.7 Å². The van der Waals surface area contributed by atoms with Crippen molar-refractivity contribution < 1.29 is 14.4 Å². The molecular weight excluding hydrogens is 254 g/mol. The van der Waals surface area contributed by atoms with Gasteiger partial charge in [-0.05, 0) is 24.0 Å². The fourth-order valence-corrected chi connectivity index (χ4v) is 2.42. The van der Waals surface area contributed by atoms with Crippen LogP contribution in [0.3, 0.4) is 0 Å². The number of hydrogen-bond donors (Lipinski definition) is 0. The maximum atomic E-state index is 12.0. The van der Waals surface area contributed by atoms with E-state index in [4.69, 9.17) is 9.57 Å². The molecular formula is C16H17NO3. The monoisotopic (exact) mass is 271 g/mol. The Hall–Kier alpha value is -2.07. The third-order valence-corrected chi connectivity index (χ3v) is 3.60. The number of carbonyl (C=O) groups excluding carboxylic acids is 1. The number of ether oxygens (including phenoxy) is 1. The fraction of sp³-hybridized carbons (Fsp3) is 0.312. The van der Waals surface area contributed by atoms with E-state index in [0.717, 1.165) is 24.0 Å². The lowest BCUT2D eigenvalue weighted by atomic mass is 9.99. The molecule has 0 aromatic heterocycles. The average Bonchev–Trinajstić information content (AvgIpc) is 2.54. The lowest BCUT2D eigenvalue weighted by Crippen LogP contribution is -2.48. The second-order valence-electron chi connectivity index (χ2n) is 5.00. The predicted molar refractivity (Wildman–Crippen MR) is 75.6 cm³/mol. The molecule has 0 radical (unpaired) electrons. The van der Waals surface area contributed by atoms with Gasteiger partial charge in [-0.15, -0.1) is 0 Å². The van der Waals surface area contributed by atoms with Crippen molar-refractivity contribution in [3.05, 3.63) is 54.1 Å². The summed E-state index contributed by atoms with van der Waals surface area (Å²) in [6.45, 7) is 3.95. The van der Waals surface area contributed by atoms with Crippen molar-refractivity contribution in [3.8, 4) is 0 Å². The molecule has 104 valence electrons. The zero-order valence-corrected chi connectivity index (χ0v) is 11.2. The predicted octanol–water partition coefficient (Wildman–Crippen LogP) is 3.30. The maximum Gasteiger partial charge on any atom is 0.434 e. The maximum absolute atomic E-state index is 12.0. The Balaban J connectivity index is 1.56. The molecule has 2 atom stereocenters. The molecule has 0 N–H and O–H groups in total. The Morgan fingerprint density at radius 2 is 2.15 bits per heavy atom. The van der Waals surface area contributed by atoms with Crippen molar-refractivity contribution in [2.45, 2.75) is 31.6 Å². The van der Waals surface area contributed by atoms with E-state index in [1.165, 1.54) is 5.06 Å². The van der Waals surface area contributed by atoms with Gasteiger partial charge in [-0.1, -0.05) is 49.1 Å².